The molecule has 0 atom stereocenters. The lowest BCUT2D eigenvalue weighted by molar-refractivity contribution is 0.102. The summed E-state index contributed by atoms with van der Waals surface area (Å²) in [6, 6.07) is 21.0. The van der Waals surface area contributed by atoms with E-state index < -0.39 is 0 Å². The molecule has 0 fully saturated rings. The number of nitrogens with one attached hydrogen (secondary N) is 1. The van der Waals surface area contributed by atoms with E-state index in [0.717, 1.165) is 26.7 Å². The fraction of sp³-hybridized carbons (Fsp3) is 0. The van der Waals surface area contributed by atoms with Gasteiger partial charge in [-0.15, -0.1) is 0 Å². The molecule has 0 bridgehead atoms. The first-order valence-electron chi connectivity index (χ1n) is 8.75. The van der Waals surface area contributed by atoms with Crippen LogP contribution in [0, 0.1) is 0 Å². The second-order valence-corrected chi connectivity index (χ2v) is 7.29. The standard InChI is InChI=1S/C22H14N4OS/c27-21(26-22-25-18-9-3-4-10-20(18)28-22)16-12-19(14-6-5-11-23-13-14)24-17-8-2-1-7-15(16)17/h1-13H,(H,25,26,27). The number of para-hydroxylation sites is 2. The Morgan fingerprint density at radius 1 is 0.893 bits per heavy atom. The van der Waals surface area contributed by atoms with Gasteiger partial charge in [-0.05, 0) is 36.4 Å². The SMILES string of the molecule is O=C(Nc1nc2ccccc2s1)c1cc(-c2cccnc2)nc2ccccc12. The number of rotatable bonds is 3. The van der Waals surface area contributed by atoms with Crippen LogP contribution in [0.4, 0.5) is 5.13 Å². The van der Waals surface area contributed by atoms with Crippen LogP contribution in [0.5, 0.6) is 0 Å². The van der Waals surface area contributed by atoms with E-state index >= 15 is 0 Å². The molecular formula is C22H14N4OS. The van der Waals surface area contributed by atoms with E-state index in [2.05, 4.69) is 15.3 Å². The number of amides is 1. The van der Waals surface area contributed by atoms with Crippen LogP contribution in [-0.2, 0) is 0 Å². The predicted molar refractivity (Wildman–Crippen MR) is 113 cm³/mol. The molecule has 5 rings (SSSR count). The number of hydrogen-bond donors (Lipinski definition) is 1. The van der Waals surface area contributed by atoms with Gasteiger partial charge in [0.25, 0.3) is 5.91 Å². The highest BCUT2D eigenvalue weighted by molar-refractivity contribution is 7.22. The number of carbonyl (C=O) groups excluding carboxylic acids is 1. The minimum Gasteiger partial charge on any atom is -0.298 e. The van der Waals surface area contributed by atoms with Crippen molar-refractivity contribution in [2.24, 2.45) is 0 Å². The molecule has 28 heavy (non-hydrogen) atoms. The average molecular weight is 382 g/mol. The Labute approximate surface area is 164 Å². The van der Waals surface area contributed by atoms with Crippen LogP contribution < -0.4 is 5.32 Å². The minimum absolute atomic E-state index is 0.206. The molecule has 5 aromatic rings. The Morgan fingerprint density at radius 3 is 2.54 bits per heavy atom. The Hall–Kier alpha value is -3.64. The van der Waals surface area contributed by atoms with Gasteiger partial charge in [0, 0.05) is 23.3 Å². The molecule has 2 aromatic carbocycles. The third-order valence-corrected chi connectivity index (χ3v) is 5.38. The molecule has 134 valence electrons. The van der Waals surface area contributed by atoms with Crippen molar-refractivity contribution in [1.82, 2.24) is 15.0 Å². The summed E-state index contributed by atoms with van der Waals surface area (Å²) in [5, 5.41) is 4.32. The summed E-state index contributed by atoms with van der Waals surface area (Å²) in [6.45, 7) is 0. The number of anilines is 1. The molecule has 3 heterocycles. The third kappa shape index (κ3) is 3.00. The van der Waals surface area contributed by atoms with Crippen LogP contribution >= 0.6 is 11.3 Å². The molecule has 6 heteroatoms. The van der Waals surface area contributed by atoms with Gasteiger partial charge in [0.1, 0.15) is 0 Å². The quantitative estimate of drug-likeness (QED) is 0.468. The van der Waals surface area contributed by atoms with Gasteiger partial charge >= 0.3 is 0 Å². The highest BCUT2D eigenvalue weighted by Gasteiger charge is 2.16. The molecule has 0 aliphatic heterocycles. The van der Waals surface area contributed by atoms with E-state index in [9.17, 15) is 4.79 Å². The summed E-state index contributed by atoms with van der Waals surface area (Å²) < 4.78 is 1.04. The largest absolute Gasteiger partial charge is 0.298 e. The van der Waals surface area contributed by atoms with Gasteiger partial charge in [0.15, 0.2) is 5.13 Å². The Morgan fingerprint density at radius 2 is 1.71 bits per heavy atom. The van der Waals surface area contributed by atoms with E-state index in [-0.39, 0.29) is 5.91 Å². The van der Waals surface area contributed by atoms with Gasteiger partial charge < -0.3 is 0 Å². The van der Waals surface area contributed by atoms with Gasteiger partial charge in [-0.2, -0.15) is 0 Å². The van der Waals surface area contributed by atoms with Crippen molar-refractivity contribution < 1.29 is 4.79 Å². The normalized spacial score (nSPS) is 11.0. The number of hydrogen-bond acceptors (Lipinski definition) is 5. The first-order valence-corrected chi connectivity index (χ1v) is 9.57. The fourth-order valence-electron chi connectivity index (χ4n) is 3.12. The zero-order chi connectivity index (χ0) is 18.9. The summed E-state index contributed by atoms with van der Waals surface area (Å²) >= 11 is 1.46. The summed E-state index contributed by atoms with van der Waals surface area (Å²) in [4.78, 5) is 26.5. The smallest absolute Gasteiger partial charge is 0.258 e. The number of carbonyl (C=O) groups is 1. The summed E-state index contributed by atoms with van der Waals surface area (Å²) in [5.74, 6) is -0.206. The lowest BCUT2D eigenvalue weighted by atomic mass is 10.0. The second-order valence-electron chi connectivity index (χ2n) is 6.25. The van der Waals surface area contributed by atoms with Crippen LogP contribution in [0.3, 0.4) is 0 Å². The van der Waals surface area contributed by atoms with E-state index in [1.807, 2.05) is 66.7 Å². The van der Waals surface area contributed by atoms with Gasteiger partial charge in [-0.1, -0.05) is 41.7 Å². The zero-order valence-electron chi connectivity index (χ0n) is 14.7. The Kier molecular flexibility index (Phi) is 4.03. The average Bonchev–Trinajstić information content (AvgIpc) is 3.15. The van der Waals surface area contributed by atoms with Crippen LogP contribution in [0.1, 0.15) is 10.4 Å². The number of aromatic nitrogens is 3. The number of pyridine rings is 2. The molecule has 1 amide bonds. The molecule has 0 saturated carbocycles. The summed E-state index contributed by atoms with van der Waals surface area (Å²) in [5.41, 5.74) is 3.77. The maximum absolute atomic E-state index is 13.1. The zero-order valence-corrected chi connectivity index (χ0v) is 15.5. The number of benzene rings is 2. The van der Waals surface area contributed by atoms with Crippen LogP contribution in [0.2, 0.25) is 0 Å². The number of thiazole rings is 1. The first kappa shape index (κ1) is 16.5. The van der Waals surface area contributed by atoms with E-state index in [1.54, 1.807) is 12.4 Å². The summed E-state index contributed by atoms with van der Waals surface area (Å²) in [6.07, 6.45) is 3.46. The molecule has 1 N–H and O–H groups in total. The van der Waals surface area contributed by atoms with E-state index in [1.165, 1.54) is 11.3 Å². The van der Waals surface area contributed by atoms with Gasteiger partial charge in [0.2, 0.25) is 0 Å². The predicted octanol–water partition coefficient (Wildman–Crippen LogP) is 5.16. The molecule has 3 aromatic heterocycles. The molecule has 0 unspecified atom stereocenters. The molecule has 0 aliphatic carbocycles. The molecule has 0 aliphatic rings. The number of nitrogens with zero attached hydrogens (tertiary/aromatic N) is 3. The maximum Gasteiger partial charge on any atom is 0.258 e. The van der Waals surface area contributed by atoms with Gasteiger partial charge in [0.05, 0.1) is 27.0 Å². The lowest BCUT2D eigenvalue weighted by Gasteiger charge is -2.09. The molecule has 5 nitrogen and oxygen atoms in total. The Balaban J connectivity index is 1.59. The minimum atomic E-state index is -0.206. The lowest BCUT2D eigenvalue weighted by Crippen LogP contribution is -2.13. The van der Waals surface area contributed by atoms with Crippen molar-refractivity contribution in [3.05, 3.63) is 84.7 Å². The van der Waals surface area contributed by atoms with Crippen LogP contribution in [0.25, 0.3) is 32.4 Å². The fourth-order valence-corrected chi connectivity index (χ4v) is 3.98. The van der Waals surface area contributed by atoms with Gasteiger partial charge in [-0.3, -0.25) is 15.1 Å². The van der Waals surface area contributed by atoms with Crippen molar-refractivity contribution >= 4 is 43.5 Å². The number of fused-ring (bicyclic) bond motifs is 2. The third-order valence-electron chi connectivity index (χ3n) is 4.43. The molecular weight excluding hydrogens is 368 g/mol. The highest BCUT2D eigenvalue weighted by atomic mass is 32.1. The van der Waals surface area contributed by atoms with Crippen molar-refractivity contribution in [2.75, 3.05) is 5.32 Å². The van der Waals surface area contributed by atoms with Crippen molar-refractivity contribution in [3.63, 3.8) is 0 Å². The molecule has 0 radical (unpaired) electrons. The van der Waals surface area contributed by atoms with E-state index in [4.69, 9.17) is 4.98 Å². The monoisotopic (exact) mass is 382 g/mol. The second kappa shape index (κ2) is 6.83. The van der Waals surface area contributed by atoms with Crippen molar-refractivity contribution in [1.29, 1.82) is 0 Å². The molecule has 0 saturated heterocycles. The summed E-state index contributed by atoms with van der Waals surface area (Å²) in [7, 11) is 0. The molecule has 0 spiro atoms. The van der Waals surface area contributed by atoms with E-state index in [0.29, 0.717) is 16.4 Å². The van der Waals surface area contributed by atoms with Crippen molar-refractivity contribution in [3.8, 4) is 11.3 Å². The Bertz CT molecular complexity index is 1280. The maximum atomic E-state index is 13.1. The van der Waals surface area contributed by atoms with Gasteiger partial charge in [-0.25, -0.2) is 9.97 Å². The van der Waals surface area contributed by atoms with Crippen LogP contribution in [0.15, 0.2) is 79.1 Å². The topological polar surface area (TPSA) is 67.8 Å². The van der Waals surface area contributed by atoms with Crippen molar-refractivity contribution in [2.45, 2.75) is 0 Å². The highest BCUT2D eigenvalue weighted by Crippen LogP contribution is 2.28. The first-order chi connectivity index (χ1) is 13.8. The van der Waals surface area contributed by atoms with Crippen LogP contribution in [-0.4, -0.2) is 20.9 Å².